The van der Waals surface area contributed by atoms with Crippen molar-refractivity contribution in [2.24, 2.45) is 23.2 Å². The van der Waals surface area contributed by atoms with E-state index in [4.69, 9.17) is 0 Å². The van der Waals surface area contributed by atoms with Crippen molar-refractivity contribution >= 4 is 17.5 Å². The fourth-order valence-corrected chi connectivity index (χ4v) is 8.64. The molecule has 1 spiro atoms. The number of Topliss-reactive ketones (excluding diaryl/α,β-unsaturated/α-hetero) is 1. The summed E-state index contributed by atoms with van der Waals surface area (Å²) in [4.78, 5) is 14.2. The highest BCUT2D eigenvalue weighted by atomic mass is 32.2. The second kappa shape index (κ2) is 5.24. The van der Waals surface area contributed by atoms with Crippen molar-refractivity contribution in [2.75, 3.05) is 0 Å². The molecule has 0 N–H and O–H groups in total. The van der Waals surface area contributed by atoms with Gasteiger partial charge in [-0.05, 0) is 69.4 Å². The largest absolute Gasteiger partial charge is 0.299 e. The minimum Gasteiger partial charge on any atom is -0.299 e. The van der Waals surface area contributed by atoms with E-state index in [2.05, 4.69) is 55.1 Å². The lowest BCUT2D eigenvalue weighted by Gasteiger charge is -2.60. The molecular formula is C22H26OS. The summed E-state index contributed by atoms with van der Waals surface area (Å²) in [5.41, 5.74) is 1.75. The summed E-state index contributed by atoms with van der Waals surface area (Å²) in [5.74, 6) is 2.36. The summed E-state index contributed by atoms with van der Waals surface area (Å²) in [6, 6.07) is 11.0. The number of hydrogen-bond donors (Lipinski definition) is 0. The molecule has 3 saturated carbocycles. The molecule has 126 valence electrons. The van der Waals surface area contributed by atoms with Crippen molar-refractivity contribution in [3.05, 3.63) is 42.0 Å². The van der Waals surface area contributed by atoms with Crippen LogP contribution in [0.5, 0.6) is 0 Å². The van der Waals surface area contributed by atoms with Gasteiger partial charge in [0, 0.05) is 27.4 Å². The number of ketones is 1. The number of hydrogen-bond acceptors (Lipinski definition) is 2. The van der Waals surface area contributed by atoms with Crippen LogP contribution in [0.25, 0.3) is 0 Å². The van der Waals surface area contributed by atoms with Crippen molar-refractivity contribution in [3.8, 4) is 0 Å². The van der Waals surface area contributed by atoms with Crippen LogP contribution in [-0.4, -0.2) is 10.5 Å². The molecular weight excluding hydrogens is 312 g/mol. The highest BCUT2D eigenvalue weighted by Gasteiger charge is 2.66. The molecule has 4 aliphatic rings. The number of benzene rings is 1. The Hall–Kier alpha value is -1.02. The summed E-state index contributed by atoms with van der Waals surface area (Å²) < 4.78 is 0.322. The topological polar surface area (TPSA) is 17.1 Å². The van der Waals surface area contributed by atoms with Crippen LogP contribution < -0.4 is 0 Å². The van der Waals surface area contributed by atoms with Gasteiger partial charge in [-0.25, -0.2) is 0 Å². The Morgan fingerprint density at radius 1 is 1.08 bits per heavy atom. The molecule has 0 aromatic heterocycles. The standard InChI is InChI=1S/C22H26OS/c1-15-13-21(24-17-5-3-2-4-6-17)12-11-18-19(23)9-7-16-8-10-20(21)22(16,18)14-15/h2-6,14,16,18,20H,7-13H2,1H3/t16-,18-,20+,21-,22+/m1/s1. The summed E-state index contributed by atoms with van der Waals surface area (Å²) in [5, 5.41) is 0. The quantitative estimate of drug-likeness (QED) is 0.648. The highest BCUT2D eigenvalue weighted by molar-refractivity contribution is 8.00. The van der Waals surface area contributed by atoms with E-state index >= 15 is 0 Å². The minimum absolute atomic E-state index is 0.206. The minimum atomic E-state index is 0.206. The van der Waals surface area contributed by atoms with Gasteiger partial charge in [0.15, 0.2) is 0 Å². The lowest BCUT2D eigenvalue weighted by atomic mass is 9.47. The van der Waals surface area contributed by atoms with Crippen molar-refractivity contribution in [1.29, 1.82) is 0 Å². The Bertz CT molecular complexity index is 708. The smallest absolute Gasteiger partial charge is 0.136 e. The first-order valence-corrected chi connectivity index (χ1v) is 10.4. The zero-order valence-corrected chi connectivity index (χ0v) is 15.3. The first-order chi connectivity index (χ1) is 11.6. The fraction of sp³-hybridized carbons (Fsp3) is 0.591. The van der Waals surface area contributed by atoms with Crippen molar-refractivity contribution in [2.45, 2.75) is 61.5 Å². The number of carbonyl (C=O) groups is 1. The lowest BCUT2D eigenvalue weighted by Crippen LogP contribution is -2.58. The van der Waals surface area contributed by atoms with E-state index < -0.39 is 0 Å². The zero-order valence-electron chi connectivity index (χ0n) is 14.5. The molecule has 0 unspecified atom stereocenters. The highest BCUT2D eigenvalue weighted by Crippen LogP contribution is 2.71. The number of allylic oxidation sites excluding steroid dienone is 2. The van der Waals surface area contributed by atoms with E-state index in [9.17, 15) is 4.79 Å². The number of thioether (sulfide) groups is 1. The molecule has 2 bridgehead atoms. The first kappa shape index (κ1) is 15.3. The van der Waals surface area contributed by atoms with Gasteiger partial charge in [-0.1, -0.05) is 29.8 Å². The van der Waals surface area contributed by atoms with E-state index in [1.165, 1.54) is 30.6 Å². The third kappa shape index (κ3) is 1.92. The lowest BCUT2D eigenvalue weighted by molar-refractivity contribution is -0.136. The average Bonchev–Trinajstić information content (AvgIpc) is 2.94. The van der Waals surface area contributed by atoms with E-state index in [0.717, 1.165) is 25.2 Å². The SMILES string of the molecule is CC1=C[C@]23[C@@H]4CCC(=O)[C@H]2CC[C@@](Sc2ccccc2)(C1)[C@@H]3CC4. The monoisotopic (exact) mass is 338 g/mol. The predicted octanol–water partition coefficient (Wildman–Crippen LogP) is 5.65. The van der Waals surface area contributed by atoms with Gasteiger partial charge in [0.2, 0.25) is 0 Å². The van der Waals surface area contributed by atoms with Gasteiger partial charge in [0.05, 0.1) is 0 Å². The maximum absolute atomic E-state index is 12.8. The molecule has 1 nitrogen and oxygen atoms in total. The Balaban J connectivity index is 1.62. The number of rotatable bonds is 2. The maximum atomic E-state index is 12.8. The molecule has 1 aromatic rings. The predicted molar refractivity (Wildman–Crippen MR) is 99.0 cm³/mol. The zero-order chi connectivity index (χ0) is 16.4. The van der Waals surface area contributed by atoms with Gasteiger partial charge in [0.25, 0.3) is 0 Å². The maximum Gasteiger partial charge on any atom is 0.136 e. The second-order valence-corrected chi connectivity index (χ2v) is 10.1. The summed E-state index contributed by atoms with van der Waals surface area (Å²) >= 11 is 2.13. The molecule has 0 amide bonds. The Morgan fingerprint density at radius 2 is 1.92 bits per heavy atom. The third-order valence-electron chi connectivity index (χ3n) is 7.48. The molecule has 0 aliphatic heterocycles. The Labute approximate surface area is 149 Å². The van der Waals surface area contributed by atoms with Gasteiger partial charge < -0.3 is 0 Å². The molecule has 24 heavy (non-hydrogen) atoms. The van der Waals surface area contributed by atoms with Crippen molar-refractivity contribution in [1.82, 2.24) is 0 Å². The van der Waals surface area contributed by atoms with Gasteiger partial charge in [-0.2, -0.15) is 0 Å². The van der Waals surface area contributed by atoms with Gasteiger partial charge in [-0.3, -0.25) is 4.79 Å². The van der Waals surface area contributed by atoms with Crippen LogP contribution in [0.15, 0.2) is 46.9 Å². The van der Waals surface area contributed by atoms with Gasteiger partial charge in [-0.15, -0.1) is 11.8 Å². The molecule has 2 heteroatoms. The molecule has 5 rings (SSSR count). The van der Waals surface area contributed by atoms with E-state index in [1.54, 1.807) is 5.57 Å². The Morgan fingerprint density at radius 3 is 2.75 bits per heavy atom. The summed E-state index contributed by atoms with van der Waals surface area (Å²) in [7, 11) is 0. The second-order valence-electron chi connectivity index (χ2n) is 8.57. The molecule has 0 radical (unpaired) electrons. The molecule has 1 aromatic carbocycles. The van der Waals surface area contributed by atoms with Crippen molar-refractivity contribution in [3.63, 3.8) is 0 Å². The molecule has 0 heterocycles. The van der Waals surface area contributed by atoms with Crippen LogP contribution in [0.1, 0.15) is 51.9 Å². The Kier molecular flexibility index (Phi) is 3.33. The van der Waals surface area contributed by atoms with E-state index in [1.807, 2.05) is 0 Å². The molecule has 4 aliphatic carbocycles. The van der Waals surface area contributed by atoms with Crippen LogP contribution >= 0.6 is 11.8 Å². The summed E-state index contributed by atoms with van der Waals surface area (Å²) in [6.45, 7) is 2.32. The van der Waals surface area contributed by atoms with Crippen molar-refractivity contribution < 1.29 is 4.79 Å². The van der Waals surface area contributed by atoms with Crippen LogP contribution in [-0.2, 0) is 4.79 Å². The molecule has 0 saturated heterocycles. The fourth-order valence-electron chi connectivity index (χ4n) is 6.90. The van der Waals surface area contributed by atoms with Gasteiger partial charge >= 0.3 is 0 Å². The number of carbonyl (C=O) groups excluding carboxylic acids is 1. The average molecular weight is 339 g/mol. The molecule has 3 fully saturated rings. The van der Waals surface area contributed by atoms with Crippen LogP contribution in [0.4, 0.5) is 0 Å². The summed E-state index contributed by atoms with van der Waals surface area (Å²) in [6.07, 6.45) is 10.8. The van der Waals surface area contributed by atoms with Crippen LogP contribution in [0.2, 0.25) is 0 Å². The van der Waals surface area contributed by atoms with Crippen LogP contribution in [0, 0.1) is 23.2 Å². The molecule has 5 atom stereocenters. The normalized spacial score (nSPS) is 43.3. The third-order valence-corrected chi connectivity index (χ3v) is 9.02. The van der Waals surface area contributed by atoms with Gasteiger partial charge in [0.1, 0.15) is 5.78 Å². The van der Waals surface area contributed by atoms with Crippen LogP contribution in [0.3, 0.4) is 0 Å². The van der Waals surface area contributed by atoms with E-state index in [0.29, 0.717) is 22.4 Å². The first-order valence-electron chi connectivity index (χ1n) is 9.59. The van der Waals surface area contributed by atoms with E-state index in [-0.39, 0.29) is 5.41 Å².